The second-order valence-electron chi connectivity index (χ2n) is 5.61. The topological polar surface area (TPSA) is 115 Å². The molecule has 0 aliphatic carbocycles. The number of amides is 2. The molecule has 0 unspecified atom stereocenters. The van der Waals surface area contributed by atoms with Gasteiger partial charge in [-0.2, -0.15) is 0 Å². The maximum Gasteiger partial charge on any atom is 0.251 e. The van der Waals surface area contributed by atoms with Gasteiger partial charge < -0.3 is 9.88 Å². The highest BCUT2D eigenvalue weighted by molar-refractivity contribution is 7.99. The molecule has 0 spiro atoms. The summed E-state index contributed by atoms with van der Waals surface area (Å²) in [4.78, 5) is 24.1. The summed E-state index contributed by atoms with van der Waals surface area (Å²) in [6.45, 7) is 2.02. The molecule has 12 heteroatoms. The number of nitrogens with zero attached hydrogens (tertiary/aromatic N) is 5. The Kier molecular flexibility index (Phi) is 6.60. The van der Waals surface area contributed by atoms with Gasteiger partial charge >= 0.3 is 0 Å². The van der Waals surface area contributed by atoms with Crippen LogP contribution >= 0.6 is 34.7 Å². The van der Waals surface area contributed by atoms with E-state index in [9.17, 15) is 9.59 Å². The van der Waals surface area contributed by atoms with Crippen LogP contribution in [0.1, 0.15) is 21.2 Å². The zero-order valence-corrected chi connectivity index (χ0v) is 17.4. The van der Waals surface area contributed by atoms with Crippen molar-refractivity contribution in [3.8, 4) is 0 Å². The number of carbonyl (C=O) groups excluding carboxylic acids is 2. The quantitative estimate of drug-likeness (QED) is 0.545. The predicted octanol–water partition coefficient (Wildman–Crippen LogP) is 2.29. The molecule has 3 aromatic rings. The SMILES string of the molecule is Cc1nnc(NC(=O)CSc2nnc(CNC(=O)c3ccc(Cl)cc3)n2C)s1. The van der Waals surface area contributed by atoms with Gasteiger partial charge in [-0.05, 0) is 31.2 Å². The van der Waals surface area contributed by atoms with Crippen LogP contribution in [0.25, 0.3) is 0 Å². The minimum Gasteiger partial charge on any atom is -0.345 e. The van der Waals surface area contributed by atoms with Crippen LogP contribution in [-0.4, -0.2) is 42.5 Å². The Morgan fingerprint density at radius 3 is 2.61 bits per heavy atom. The lowest BCUT2D eigenvalue weighted by atomic mass is 10.2. The van der Waals surface area contributed by atoms with Gasteiger partial charge in [0, 0.05) is 17.6 Å². The molecule has 0 saturated heterocycles. The van der Waals surface area contributed by atoms with Crippen molar-refractivity contribution < 1.29 is 9.59 Å². The Morgan fingerprint density at radius 2 is 1.93 bits per heavy atom. The lowest BCUT2D eigenvalue weighted by molar-refractivity contribution is -0.113. The predicted molar refractivity (Wildman–Crippen MR) is 108 cm³/mol. The van der Waals surface area contributed by atoms with Crippen LogP contribution in [0, 0.1) is 6.92 Å². The first-order chi connectivity index (χ1) is 13.4. The van der Waals surface area contributed by atoms with Crippen molar-refractivity contribution >= 4 is 51.6 Å². The zero-order valence-electron chi connectivity index (χ0n) is 15.0. The summed E-state index contributed by atoms with van der Waals surface area (Å²) < 4.78 is 1.73. The minimum absolute atomic E-state index is 0.154. The Hall–Kier alpha value is -2.50. The number of anilines is 1. The fourth-order valence-corrected chi connectivity index (χ4v) is 3.58. The fraction of sp³-hybridized carbons (Fsp3) is 0.250. The van der Waals surface area contributed by atoms with E-state index >= 15 is 0 Å². The van der Waals surface area contributed by atoms with Crippen LogP contribution in [0.4, 0.5) is 5.13 Å². The van der Waals surface area contributed by atoms with Crippen LogP contribution in [0.2, 0.25) is 5.02 Å². The lowest BCUT2D eigenvalue weighted by Gasteiger charge is -2.06. The second kappa shape index (κ2) is 9.13. The standard InChI is InChI=1S/C16H16ClN7O2S2/c1-9-20-22-15(28-9)19-13(25)8-27-16-23-21-12(24(16)2)7-18-14(26)10-3-5-11(17)6-4-10/h3-6H,7-8H2,1-2H3,(H,18,26)(H,19,22,25). The lowest BCUT2D eigenvalue weighted by Crippen LogP contribution is -2.24. The molecular weight excluding hydrogens is 422 g/mol. The maximum absolute atomic E-state index is 12.2. The molecule has 0 aliphatic rings. The van der Waals surface area contributed by atoms with Gasteiger partial charge in [0.1, 0.15) is 5.01 Å². The Morgan fingerprint density at radius 1 is 1.18 bits per heavy atom. The van der Waals surface area contributed by atoms with Crippen molar-refractivity contribution in [3.63, 3.8) is 0 Å². The number of aryl methyl sites for hydroxylation is 1. The number of rotatable bonds is 7. The van der Waals surface area contributed by atoms with E-state index in [1.807, 2.05) is 6.92 Å². The first-order valence-electron chi connectivity index (χ1n) is 8.07. The van der Waals surface area contributed by atoms with E-state index in [4.69, 9.17) is 11.6 Å². The molecule has 1 aromatic carbocycles. The van der Waals surface area contributed by atoms with Crippen LogP contribution in [0.15, 0.2) is 29.4 Å². The van der Waals surface area contributed by atoms with Crippen LogP contribution in [0.3, 0.4) is 0 Å². The highest BCUT2D eigenvalue weighted by Crippen LogP contribution is 2.18. The number of carbonyl (C=O) groups is 2. The van der Waals surface area contributed by atoms with Crippen LogP contribution in [-0.2, 0) is 18.4 Å². The van der Waals surface area contributed by atoms with Gasteiger partial charge in [-0.15, -0.1) is 20.4 Å². The summed E-state index contributed by atoms with van der Waals surface area (Å²) in [5, 5.41) is 23.7. The van der Waals surface area contributed by atoms with Gasteiger partial charge in [-0.25, -0.2) is 0 Å². The highest BCUT2D eigenvalue weighted by Gasteiger charge is 2.14. The average molecular weight is 438 g/mol. The molecule has 2 aromatic heterocycles. The van der Waals surface area contributed by atoms with Crippen LogP contribution in [0.5, 0.6) is 0 Å². The molecule has 0 radical (unpaired) electrons. The number of halogens is 1. The summed E-state index contributed by atoms with van der Waals surface area (Å²) in [6, 6.07) is 6.60. The van der Waals surface area contributed by atoms with Crippen molar-refractivity contribution in [2.24, 2.45) is 7.05 Å². The van der Waals surface area contributed by atoms with Crippen molar-refractivity contribution in [3.05, 3.63) is 45.7 Å². The Bertz CT molecular complexity index is 987. The summed E-state index contributed by atoms with van der Waals surface area (Å²) >= 11 is 8.37. The van der Waals surface area contributed by atoms with Gasteiger partial charge in [0.25, 0.3) is 5.91 Å². The molecule has 2 N–H and O–H groups in total. The third kappa shape index (κ3) is 5.27. The minimum atomic E-state index is -0.236. The van der Waals surface area contributed by atoms with E-state index in [0.717, 1.165) is 5.01 Å². The first kappa shape index (κ1) is 20.2. The molecule has 28 heavy (non-hydrogen) atoms. The van der Waals surface area contributed by atoms with Gasteiger partial charge in [0.15, 0.2) is 11.0 Å². The van der Waals surface area contributed by atoms with E-state index in [1.54, 1.807) is 35.9 Å². The average Bonchev–Trinajstić information content (AvgIpc) is 3.24. The molecular formula is C16H16ClN7O2S2. The van der Waals surface area contributed by atoms with E-state index in [2.05, 4.69) is 31.0 Å². The fourth-order valence-electron chi connectivity index (χ4n) is 2.12. The van der Waals surface area contributed by atoms with Crippen LogP contribution < -0.4 is 10.6 Å². The van der Waals surface area contributed by atoms with Crippen molar-refractivity contribution in [2.75, 3.05) is 11.1 Å². The number of nitrogens with one attached hydrogen (secondary N) is 2. The number of aromatic nitrogens is 5. The summed E-state index contributed by atoms with van der Waals surface area (Å²) in [6.07, 6.45) is 0. The first-order valence-corrected chi connectivity index (χ1v) is 10.2. The molecule has 3 rings (SSSR count). The molecule has 9 nitrogen and oxygen atoms in total. The molecule has 2 heterocycles. The Balaban J connectivity index is 1.51. The normalized spacial score (nSPS) is 10.7. The molecule has 146 valence electrons. The number of hydrogen-bond donors (Lipinski definition) is 2. The molecule has 0 bridgehead atoms. The molecule has 0 atom stereocenters. The van der Waals surface area contributed by atoms with Gasteiger partial charge in [0.05, 0.1) is 12.3 Å². The summed E-state index contributed by atoms with van der Waals surface area (Å²) in [7, 11) is 1.78. The number of thioether (sulfide) groups is 1. The molecule has 2 amide bonds. The Labute approximate surface area is 173 Å². The largest absolute Gasteiger partial charge is 0.345 e. The zero-order chi connectivity index (χ0) is 20.1. The molecule has 0 aliphatic heterocycles. The third-order valence-electron chi connectivity index (χ3n) is 3.54. The van der Waals surface area contributed by atoms with Crippen molar-refractivity contribution in [2.45, 2.75) is 18.6 Å². The monoisotopic (exact) mass is 437 g/mol. The second-order valence-corrected chi connectivity index (χ2v) is 8.17. The highest BCUT2D eigenvalue weighted by atomic mass is 35.5. The third-order valence-corrected chi connectivity index (χ3v) is 5.57. The van der Waals surface area contributed by atoms with Gasteiger partial charge in [0.2, 0.25) is 11.0 Å². The molecule has 0 saturated carbocycles. The number of benzene rings is 1. The van der Waals surface area contributed by atoms with E-state index in [-0.39, 0.29) is 24.1 Å². The van der Waals surface area contributed by atoms with E-state index in [0.29, 0.717) is 26.7 Å². The summed E-state index contributed by atoms with van der Waals surface area (Å²) in [5.41, 5.74) is 0.504. The van der Waals surface area contributed by atoms with E-state index in [1.165, 1.54) is 23.1 Å². The van der Waals surface area contributed by atoms with Crippen molar-refractivity contribution in [1.82, 2.24) is 30.3 Å². The van der Waals surface area contributed by atoms with Crippen molar-refractivity contribution in [1.29, 1.82) is 0 Å². The van der Waals surface area contributed by atoms with Gasteiger partial charge in [-0.1, -0.05) is 34.7 Å². The van der Waals surface area contributed by atoms with Gasteiger partial charge in [-0.3, -0.25) is 14.9 Å². The number of hydrogen-bond acceptors (Lipinski definition) is 8. The summed E-state index contributed by atoms with van der Waals surface area (Å²) in [5.74, 6) is 0.286. The maximum atomic E-state index is 12.2. The van der Waals surface area contributed by atoms with E-state index < -0.39 is 0 Å². The molecule has 0 fully saturated rings. The smallest absolute Gasteiger partial charge is 0.251 e.